The molecule has 12 nitrogen and oxygen atoms in total. The fourth-order valence-electron chi connectivity index (χ4n) is 15.8. The third-order valence-electron chi connectivity index (χ3n) is 21.8. The minimum atomic E-state index is -0.0449. The van der Waals surface area contributed by atoms with E-state index >= 15 is 0 Å². The number of anilines is 2. The smallest absolute Gasteiger partial charge is 0.224 e. The van der Waals surface area contributed by atoms with Crippen LogP contribution in [0.4, 0.5) is 11.4 Å². The van der Waals surface area contributed by atoms with Gasteiger partial charge in [-0.25, -0.2) is 19.9 Å². The minimum absolute atomic E-state index is 0.0449. The third-order valence-corrected chi connectivity index (χ3v) is 24.4. The second kappa shape index (κ2) is 32.2. The fraction of sp³-hybridized carbons (Fsp3) is 0.118. The molecule has 16 bridgehead atoms. The Morgan fingerprint density at radius 1 is 0.241 bits per heavy atom. The lowest BCUT2D eigenvalue weighted by Gasteiger charge is -2.09. The van der Waals surface area contributed by atoms with Gasteiger partial charge < -0.3 is 30.6 Å². The number of carbonyl (C=O) groups excluding carboxylic acids is 2. The first-order chi connectivity index (χ1) is 56.7. The minimum Gasteiger partial charge on any atom is -0.354 e. The summed E-state index contributed by atoms with van der Waals surface area (Å²) >= 11 is 0. The molecule has 0 spiro atoms. The molecule has 0 aliphatic carbocycles. The van der Waals surface area contributed by atoms with Crippen LogP contribution in [0.2, 0.25) is 0 Å². The first kappa shape index (κ1) is 74.0. The summed E-state index contributed by atoms with van der Waals surface area (Å²) in [5.74, 6) is 1.50. The quantitative estimate of drug-likeness (QED) is 0.0343. The van der Waals surface area contributed by atoms with Crippen molar-refractivity contribution in [1.82, 2.24) is 39.9 Å². The molecule has 6 N–H and O–H groups in total. The molecule has 116 heavy (non-hydrogen) atoms. The van der Waals surface area contributed by atoms with Crippen LogP contribution < -0.4 is 10.6 Å². The molecule has 14 aromatic rings. The molecular weight excluding hydrogens is 1460 g/mol. The summed E-state index contributed by atoms with van der Waals surface area (Å²) in [7, 11) is 3.47. The van der Waals surface area contributed by atoms with Crippen molar-refractivity contribution in [2.45, 2.75) is 67.2 Å². The third kappa shape index (κ3) is 15.5. The van der Waals surface area contributed by atoms with Crippen LogP contribution in [0.25, 0.3) is 182 Å². The lowest BCUT2D eigenvalue weighted by molar-refractivity contribution is -0.117. The van der Waals surface area contributed by atoms with E-state index in [1.165, 1.54) is 33.4 Å². The summed E-state index contributed by atoms with van der Waals surface area (Å²) in [5.41, 5.74) is 38.6. The van der Waals surface area contributed by atoms with Crippen molar-refractivity contribution in [1.29, 1.82) is 0 Å². The Labute approximate surface area is 682 Å². The van der Waals surface area contributed by atoms with E-state index in [1.807, 2.05) is 24.3 Å². The molecule has 2 amide bonds. The second-order valence-corrected chi connectivity index (χ2v) is 33.0. The van der Waals surface area contributed by atoms with Crippen molar-refractivity contribution in [3.63, 3.8) is 0 Å². The van der Waals surface area contributed by atoms with Crippen molar-refractivity contribution >= 4 is 138 Å². The number of hydrogen-bond acceptors (Lipinski definition) is 8. The van der Waals surface area contributed by atoms with Crippen LogP contribution in [0.1, 0.15) is 105 Å². The number of fused-ring (bicyclic) bond motifs is 16. The predicted octanol–water partition coefficient (Wildman–Crippen LogP) is 26.3. The Morgan fingerprint density at radius 2 is 0.405 bits per heavy atom. The molecule has 0 atom stereocenters. The maximum atomic E-state index is 13.6. The average Bonchev–Trinajstić information content (AvgIpc) is 1.61. The number of carbonyl (C=O) groups is 2. The Bertz CT molecular complexity index is 6190. The summed E-state index contributed by atoms with van der Waals surface area (Å²) in [5, 5.41) is 6.34. The highest BCUT2D eigenvalue weighted by atomic mass is 33.1. The second-order valence-electron chi connectivity index (χ2n) is 30.3. The van der Waals surface area contributed by atoms with Gasteiger partial charge in [-0.3, -0.25) is 9.59 Å². The first-order valence-corrected chi connectivity index (χ1v) is 42.0. The van der Waals surface area contributed by atoms with Crippen LogP contribution in [-0.4, -0.2) is 63.2 Å². The number of benzene rings is 8. The molecule has 0 saturated carbocycles. The molecule has 0 saturated heterocycles. The molecule has 4 aliphatic heterocycles. The Kier molecular flexibility index (Phi) is 20.6. The maximum absolute atomic E-state index is 13.6. The van der Waals surface area contributed by atoms with Gasteiger partial charge in [-0.1, -0.05) is 225 Å². The molecular formula is C102H84N10O2S2. The van der Waals surface area contributed by atoms with Gasteiger partial charge in [0, 0.05) is 124 Å². The van der Waals surface area contributed by atoms with Crippen molar-refractivity contribution in [2.24, 2.45) is 0 Å². The van der Waals surface area contributed by atoms with E-state index in [2.05, 4.69) is 339 Å². The zero-order valence-electron chi connectivity index (χ0n) is 65.4. The number of aryl methyl sites for hydroxylation is 6. The lowest BCUT2D eigenvalue weighted by Crippen LogP contribution is -2.11. The van der Waals surface area contributed by atoms with E-state index in [0.717, 1.165) is 190 Å². The standard InChI is InChI=1S/C102H84N10O2S2/c1-61-11-23-67(24-12-61)95-77-43-47-81(105-77)97(69-27-15-63(3)16-28-69)85-51-55-89(109-85)101(90-56-52-86(110-90)98(82-48-44-78(95)106-82)70-29-17-64(4)18-30-70)73-35-39-75(40-36-73)103-93(113)9-7-59-115-116-60-8-10-94(114)104-76-41-37-74(38-42-76)102-91-57-53-87(111-91)99(71-31-19-65(5)20-32-71)83-49-45-79(107-83)96(68-25-13-62(2)14-26-68)80-46-50-84(108-80)100(88-54-58-92(102)112-88)72-33-21-66(6)22-34-72/h11-58,105,107,110,112H,7-10,59-60H2,1-6H3,(H,103,113)(H,104,114). The predicted molar refractivity (Wildman–Crippen MR) is 490 cm³/mol. The Hall–Kier alpha value is -13.4. The number of aromatic amines is 4. The topological polar surface area (TPSA) is 173 Å². The van der Waals surface area contributed by atoms with Crippen LogP contribution in [0, 0.1) is 41.5 Å². The van der Waals surface area contributed by atoms with Crippen LogP contribution in [0.5, 0.6) is 0 Å². The van der Waals surface area contributed by atoms with Crippen LogP contribution in [0.15, 0.2) is 243 Å². The first-order valence-electron chi connectivity index (χ1n) is 39.5. The van der Waals surface area contributed by atoms with E-state index < -0.39 is 0 Å². The number of nitrogens with zero attached hydrogens (tertiary/aromatic N) is 4. The van der Waals surface area contributed by atoms with E-state index in [9.17, 15) is 9.59 Å². The van der Waals surface area contributed by atoms with Crippen molar-refractivity contribution in [2.75, 3.05) is 22.1 Å². The molecule has 14 heteroatoms. The SMILES string of the molecule is Cc1ccc(-c2c3nc(c(-c4ccc(C)cc4)c4ccc([nH]4)c(-c4ccc(NC(=O)CCCSSCCCC(=O)Nc5ccc(-c6c7nc(c(-c8ccc(C)cc8)c8ccc([nH]8)c(-c8ccc(C)cc8)c8nc(c(-c9ccc(C)cc9)c9ccc6[nH]9)C=C8)C=C7)cc5)cc4)c4nc(c(-c5ccc(C)cc5)c5ccc2[nH]5)C=C4)C=C3)cc1. The molecule has 4 aliphatic rings. The molecule has 8 aromatic carbocycles. The molecule has 566 valence electrons. The van der Waals surface area contributed by atoms with Crippen LogP contribution >= 0.6 is 21.6 Å². The normalized spacial score (nSPS) is 12.1. The van der Waals surface area contributed by atoms with Gasteiger partial charge in [0.15, 0.2) is 0 Å². The summed E-state index contributed by atoms with van der Waals surface area (Å²) in [4.78, 5) is 64.7. The summed E-state index contributed by atoms with van der Waals surface area (Å²) in [6, 6.07) is 85.3. The lowest BCUT2D eigenvalue weighted by atomic mass is 10.0. The van der Waals surface area contributed by atoms with E-state index in [4.69, 9.17) is 19.9 Å². The van der Waals surface area contributed by atoms with Gasteiger partial charge in [0.1, 0.15) is 0 Å². The highest BCUT2D eigenvalue weighted by molar-refractivity contribution is 8.76. The van der Waals surface area contributed by atoms with Gasteiger partial charge in [-0.15, -0.1) is 0 Å². The van der Waals surface area contributed by atoms with Crippen molar-refractivity contribution in [3.05, 3.63) is 322 Å². The van der Waals surface area contributed by atoms with Crippen molar-refractivity contribution < 1.29 is 9.59 Å². The summed E-state index contributed by atoms with van der Waals surface area (Å²) < 4.78 is 0. The van der Waals surface area contributed by atoms with Crippen LogP contribution in [-0.2, 0) is 9.59 Å². The van der Waals surface area contributed by atoms with Gasteiger partial charge in [0.05, 0.1) is 45.6 Å². The van der Waals surface area contributed by atoms with Gasteiger partial charge in [0.25, 0.3) is 0 Å². The molecule has 6 aromatic heterocycles. The molecule has 18 rings (SSSR count). The Morgan fingerprint density at radius 3 is 0.578 bits per heavy atom. The summed E-state index contributed by atoms with van der Waals surface area (Å²) in [6.45, 7) is 12.7. The largest absolute Gasteiger partial charge is 0.354 e. The number of aromatic nitrogens is 8. The molecule has 0 radical (unpaired) electrons. The zero-order valence-corrected chi connectivity index (χ0v) is 67.0. The van der Waals surface area contributed by atoms with Gasteiger partial charge in [-0.2, -0.15) is 0 Å². The molecule has 0 unspecified atom stereocenters. The fourth-order valence-corrected chi connectivity index (χ4v) is 17.9. The monoisotopic (exact) mass is 1540 g/mol. The maximum Gasteiger partial charge on any atom is 0.224 e. The highest BCUT2D eigenvalue weighted by Crippen LogP contribution is 2.43. The number of H-pyrrole nitrogens is 4. The van der Waals surface area contributed by atoms with Gasteiger partial charge in [0.2, 0.25) is 11.8 Å². The van der Waals surface area contributed by atoms with Gasteiger partial charge >= 0.3 is 0 Å². The van der Waals surface area contributed by atoms with E-state index in [0.29, 0.717) is 37.1 Å². The Balaban J connectivity index is 0.555. The van der Waals surface area contributed by atoms with Crippen LogP contribution in [0.3, 0.4) is 0 Å². The number of rotatable bonds is 19. The number of amides is 2. The summed E-state index contributed by atoms with van der Waals surface area (Å²) in [6.07, 6.45) is 19.2. The van der Waals surface area contributed by atoms with E-state index in [-0.39, 0.29) is 11.8 Å². The molecule has 0 fully saturated rings. The van der Waals surface area contributed by atoms with Crippen molar-refractivity contribution in [3.8, 4) is 89.0 Å². The average molecular weight is 1550 g/mol. The highest BCUT2D eigenvalue weighted by Gasteiger charge is 2.24. The number of nitrogens with one attached hydrogen (secondary N) is 6. The zero-order chi connectivity index (χ0) is 78.9. The van der Waals surface area contributed by atoms with Gasteiger partial charge in [-0.05, 0) is 220 Å². The van der Waals surface area contributed by atoms with E-state index in [1.54, 1.807) is 21.6 Å². The number of hydrogen-bond donors (Lipinski definition) is 6. The molecule has 10 heterocycles.